The molecule has 2 aliphatic rings. The van der Waals surface area contributed by atoms with E-state index in [4.69, 9.17) is 0 Å². The third-order valence-corrected chi connectivity index (χ3v) is 2.98. The quantitative estimate of drug-likeness (QED) is 0.632. The third kappa shape index (κ3) is 1.41. The lowest BCUT2D eigenvalue weighted by molar-refractivity contribution is -0.112. The number of aliphatic hydroxyl groups is 1. The van der Waals surface area contributed by atoms with E-state index in [1.165, 1.54) is 12.8 Å². The zero-order valence-electron chi connectivity index (χ0n) is 7.50. The molecular weight excluding hydrogens is 150 g/mol. The summed E-state index contributed by atoms with van der Waals surface area (Å²) in [7, 11) is 0. The summed E-state index contributed by atoms with van der Waals surface area (Å²) in [5.74, 6) is 0.623. The molecule has 0 atom stereocenters. The van der Waals surface area contributed by atoms with E-state index in [-0.39, 0.29) is 5.60 Å². The van der Waals surface area contributed by atoms with Crippen LogP contribution in [0.4, 0.5) is 0 Å². The van der Waals surface area contributed by atoms with E-state index in [0.717, 1.165) is 26.1 Å². The highest BCUT2D eigenvalue weighted by molar-refractivity contribution is 5.05. The van der Waals surface area contributed by atoms with Gasteiger partial charge in [-0.15, -0.1) is 6.58 Å². The monoisotopic (exact) mass is 167 g/mol. The Balaban J connectivity index is 1.71. The van der Waals surface area contributed by atoms with Crippen LogP contribution in [-0.4, -0.2) is 35.2 Å². The Morgan fingerprint density at radius 2 is 2.17 bits per heavy atom. The summed E-state index contributed by atoms with van der Waals surface area (Å²) in [6.45, 7) is 6.54. The van der Waals surface area contributed by atoms with E-state index in [9.17, 15) is 5.11 Å². The van der Waals surface area contributed by atoms with E-state index in [0.29, 0.717) is 5.92 Å². The predicted molar refractivity (Wildman–Crippen MR) is 48.9 cm³/mol. The Labute approximate surface area is 73.9 Å². The van der Waals surface area contributed by atoms with Gasteiger partial charge in [-0.3, -0.25) is 4.90 Å². The van der Waals surface area contributed by atoms with Gasteiger partial charge in [0.1, 0.15) is 0 Å². The van der Waals surface area contributed by atoms with Crippen LogP contribution in [0.2, 0.25) is 0 Å². The Kier molecular flexibility index (Phi) is 1.97. The highest BCUT2D eigenvalue weighted by atomic mass is 16.3. The molecule has 0 radical (unpaired) electrons. The fraction of sp³-hybridized carbons (Fsp3) is 0.800. The van der Waals surface area contributed by atoms with Crippen molar-refractivity contribution in [2.24, 2.45) is 5.92 Å². The summed E-state index contributed by atoms with van der Waals surface area (Å²) >= 11 is 0. The average Bonchev–Trinajstić information content (AvgIpc) is 2.77. The Morgan fingerprint density at radius 3 is 2.67 bits per heavy atom. The molecule has 2 heteroatoms. The summed E-state index contributed by atoms with van der Waals surface area (Å²) in [5.41, 5.74) is -0.304. The van der Waals surface area contributed by atoms with Crippen molar-refractivity contribution < 1.29 is 5.11 Å². The van der Waals surface area contributed by atoms with Crippen molar-refractivity contribution in [1.29, 1.82) is 0 Å². The second kappa shape index (κ2) is 2.86. The normalized spacial score (nSPS) is 28.1. The third-order valence-electron chi connectivity index (χ3n) is 2.98. The van der Waals surface area contributed by atoms with Gasteiger partial charge in [0, 0.05) is 19.6 Å². The molecule has 1 aliphatic carbocycles. The van der Waals surface area contributed by atoms with E-state index in [1.807, 2.05) is 6.08 Å². The maximum absolute atomic E-state index is 9.95. The Morgan fingerprint density at radius 1 is 1.50 bits per heavy atom. The lowest BCUT2D eigenvalue weighted by Crippen LogP contribution is -2.63. The Hall–Kier alpha value is -0.340. The van der Waals surface area contributed by atoms with E-state index in [1.54, 1.807) is 0 Å². The van der Waals surface area contributed by atoms with Crippen molar-refractivity contribution in [1.82, 2.24) is 4.90 Å². The first kappa shape index (κ1) is 8.27. The lowest BCUT2D eigenvalue weighted by atomic mass is 9.89. The maximum Gasteiger partial charge on any atom is 0.0928 e. The first-order chi connectivity index (χ1) is 5.74. The second-order valence-corrected chi connectivity index (χ2v) is 4.17. The fourth-order valence-corrected chi connectivity index (χ4v) is 2.04. The van der Waals surface area contributed by atoms with Gasteiger partial charge < -0.3 is 5.11 Å². The first-order valence-corrected chi connectivity index (χ1v) is 4.80. The SMILES string of the molecule is C=CCCN1CC(O)(C2CC2)C1. The maximum atomic E-state index is 9.95. The first-order valence-electron chi connectivity index (χ1n) is 4.80. The molecule has 0 aromatic carbocycles. The summed E-state index contributed by atoms with van der Waals surface area (Å²) in [6.07, 6.45) is 5.47. The molecule has 0 bridgehead atoms. The van der Waals surface area contributed by atoms with Crippen LogP contribution in [0.15, 0.2) is 12.7 Å². The van der Waals surface area contributed by atoms with Crippen LogP contribution in [0.25, 0.3) is 0 Å². The van der Waals surface area contributed by atoms with E-state index < -0.39 is 0 Å². The molecule has 68 valence electrons. The van der Waals surface area contributed by atoms with Gasteiger partial charge in [0.15, 0.2) is 0 Å². The number of nitrogens with zero attached hydrogens (tertiary/aromatic N) is 1. The number of rotatable bonds is 4. The van der Waals surface area contributed by atoms with Gasteiger partial charge >= 0.3 is 0 Å². The summed E-state index contributed by atoms with van der Waals surface area (Å²) in [4.78, 5) is 2.31. The lowest BCUT2D eigenvalue weighted by Gasteiger charge is -2.47. The molecule has 1 aliphatic heterocycles. The molecule has 0 aromatic heterocycles. The zero-order chi connectivity index (χ0) is 8.60. The molecule has 1 N–H and O–H groups in total. The van der Waals surface area contributed by atoms with Crippen LogP contribution in [0.1, 0.15) is 19.3 Å². The van der Waals surface area contributed by atoms with Gasteiger partial charge in [0.2, 0.25) is 0 Å². The van der Waals surface area contributed by atoms with Gasteiger partial charge in [0.05, 0.1) is 5.60 Å². The molecule has 0 spiro atoms. The van der Waals surface area contributed by atoms with Crippen LogP contribution < -0.4 is 0 Å². The van der Waals surface area contributed by atoms with Crippen LogP contribution in [0.3, 0.4) is 0 Å². The minimum absolute atomic E-state index is 0.304. The van der Waals surface area contributed by atoms with Crippen LogP contribution in [0.5, 0.6) is 0 Å². The number of hydrogen-bond acceptors (Lipinski definition) is 2. The van der Waals surface area contributed by atoms with Gasteiger partial charge in [-0.05, 0) is 25.2 Å². The molecule has 2 rings (SSSR count). The Bertz CT molecular complexity index is 180. The van der Waals surface area contributed by atoms with Gasteiger partial charge in [-0.2, -0.15) is 0 Å². The number of likely N-dealkylation sites (tertiary alicyclic amines) is 1. The topological polar surface area (TPSA) is 23.5 Å². The fourth-order valence-electron chi connectivity index (χ4n) is 2.04. The molecule has 0 unspecified atom stereocenters. The molecule has 1 heterocycles. The van der Waals surface area contributed by atoms with Gasteiger partial charge in [-0.1, -0.05) is 6.08 Å². The van der Waals surface area contributed by atoms with Crippen LogP contribution >= 0.6 is 0 Å². The van der Waals surface area contributed by atoms with E-state index >= 15 is 0 Å². The summed E-state index contributed by atoms with van der Waals surface area (Å²) < 4.78 is 0. The molecule has 12 heavy (non-hydrogen) atoms. The molecule has 2 fully saturated rings. The molecule has 1 saturated heterocycles. The van der Waals surface area contributed by atoms with Crippen molar-refractivity contribution in [2.45, 2.75) is 24.9 Å². The zero-order valence-corrected chi connectivity index (χ0v) is 7.50. The highest BCUT2D eigenvalue weighted by Gasteiger charge is 2.51. The van der Waals surface area contributed by atoms with Crippen molar-refractivity contribution in [3.8, 4) is 0 Å². The largest absolute Gasteiger partial charge is 0.387 e. The van der Waals surface area contributed by atoms with Crippen molar-refractivity contribution in [2.75, 3.05) is 19.6 Å². The second-order valence-electron chi connectivity index (χ2n) is 4.17. The average molecular weight is 167 g/mol. The van der Waals surface area contributed by atoms with Gasteiger partial charge in [-0.25, -0.2) is 0 Å². The smallest absolute Gasteiger partial charge is 0.0928 e. The number of hydrogen-bond donors (Lipinski definition) is 1. The van der Waals surface area contributed by atoms with Crippen LogP contribution in [0, 0.1) is 5.92 Å². The van der Waals surface area contributed by atoms with Crippen LogP contribution in [-0.2, 0) is 0 Å². The molecule has 0 aromatic rings. The molecule has 2 nitrogen and oxygen atoms in total. The minimum Gasteiger partial charge on any atom is -0.387 e. The van der Waals surface area contributed by atoms with E-state index in [2.05, 4.69) is 11.5 Å². The van der Waals surface area contributed by atoms with Crippen molar-refractivity contribution in [3.63, 3.8) is 0 Å². The summed E-state index contributed by atoms with van der Waals surface area (Å²) in [6, 6.07) is 0. The summed E-state index contributed by atoms with van der Waals surface area (Å²) in [5, 5.41) is 9.95. The molecule has 0 amide bonds. The van der Waals surface area contributed by atoms with Gasteiger partial charge in [0.25, 0.3) is 0 Å². The number of β-amino-alcohol motifs (C(OH)–C–C–N with tert-alkyl or cyclic N) is 1. The molecule has 1 saturated carbocycles. The minimum atomic E-state index is -0.304. The predicted octanol–water partition coefficient (Wildman–Crippen LogP) is 1.02. The standard InChI is InChI=1S/C10H17NO/c1-2-3-6-11-7-10(12,8-11)9-4-5-9/h2,9,12H,1,3-8H2. The molecular formula is C10H17NO. The highest BCUT2D eigenvalue weighted by Crippen LogP contribution is 2.44. The van der Waals surface area contributed by atoms with Crippen molar-refractivity contribution in [3.05, 3.63) is 12.7 Å². The van der Waals surface area contributed by atoms with Crippen molar-refractivity contribution >= 4 is 0 Å².